The highest BCUT2D eigenvalue weighted by molar-refractivity contribution is 7.80. The van der Waals surface area contributed by atoms with Crippen LogP contribution in [0, 0.1) is 6.92 Å². The summed E-state index contributed by atoms with van der Waals surface area (Å²) >= 11 is 5.22. The maximum atomic E-state index is 10.9. The van der Waals surface area contributed by atoms with Gasteiger partial charge in [-0.3, -0.25) is 9.69 Å². The Morgan fingerprint density at radius 1 is 1.32 bits per heavy atom. The summed E-state index contributed by atoms with van der Waals surface area (Å²) in [6.07, 6.45) is 0.742. The van der Waals surface area contributed by atoms with Gasteiger partial charge in [-0.1, -0.05) is 24.3 Å². The SMILES string of the molecule is CCN(C=O)C(=S)Nc1cc2ccccc2cc1C. The van der Waals surface area contributed by atoms with Gasteiger partial charge >= 0.3 is 0 Å². The minimum Gasteiger partial charge on any atom is -0.332 e. The molecule has 1 amide bonds. The number of carbonyl (C=O) groups is 1. The molecule has 0 aliphatic rings. The van der Waals surface area contributed by atoms with Crippen LogP contribution in [0.5, 0.6) is 0 Å². The van der Waals surface area contributed by atoms with E-state index in [0.717, 1.165) is 23.0 Å². The van der Waals surface area contributed by atoms with Crippen molar-refractivity contribution in [3.8, 4) is 0 Å². The number of carbonyl (C=O) groups excluding carboxylic acids is 1. The molecule has 0 aliphatic heterocycles. The van der Waals surface area contributed by atoms with Gasteiger partial charge in [0.15, 0.2) is 5.11 Å². The Labute approximate surface area is 118 Å². The zero-order valence-corrected chi connectivity index (χ0v) is 11.8. The Hall–Kier alpha value is -1.94. The van der Waals surface area contributed by atoms with Gasteiger partial charge in [-0.05, 0) is 54.5 Å². The zero-order chi connectivity index (χ0) is 13.8. The van der Waals surface area contributed by atoms with Crippen LogP contribution < -0.4 is 5.32 Å². The Balaban J connectivity index is 2.32. The highest BCUT2D eigenvalue weighted by Crippen LogP contribution is 2.23. The van der Waals surface area contributed by atoms with E-state index in [0.29, 0.717) is 11.7 Å². The molecule has 4 heteroatoms. The van der Waals surface area contributed by atoms with E-state index in [1.807, 2.05) is 26.0 Å². The number of amides is 1. The summed E-state index contributed by atoms with van der Waals surface area (Å²) in [5.41, 5.74) is 2.03. The summed E-state index contributed by atoms with van der Waals surface area (Å²) < 4.78 is 0. The molecule has 0 radical (unpaired) electrons. The molecule has 19 heavy (non-hydrogen) atoms. The third-order valence-electron chi connectivity index (χ3n) is 3.06. The van der Waals surface area contributed by atoms with Crippen molar-refractivity contribution >= 4 is 40.2 Å². The Morgan fingerprint density at radius 2 is 1.95 bits per heavy atom. The summed E-state index contributed by atoms with van der Waals surface area (Å²) in [6.45, 7) is 4.46. The molecule has 2 aromatic carbocycles. The van der Waals surface area contributed by atoms with Crippen molar-refractivity contribution in [3.05, 3.63) is 42.0 Å². The summed E-state index contributed by atoms with van der Waals surface area (Å²) in [6, 6.07) is 12.3. The number of fused-ring (bicyclic) bond motifs is 1. The van der Waals surface area contributed by atoms with Gasteiger partial charge in [0.2, 0.25) is 6.41 Å². The number of anilines is 1. The van der Waals surface area contributed by atoms with Crippen molar-refractivity contribution in [2.45, 2.75) is 13.8 Å². The Bertz CT molecular complexity index is 625. The molecule has 0 bridgehead atoms. The standard InChI is InChI=1S/C15H16N2OS/c1-3-17(10-18)15(19)16-14-9-13-7-5-4-6-12(13)8-11(14)2/h4-10H,3H2,1-2H3,(H,16,19). The van der Waals surface area contributed by atoms with E-state index in [4.69, 9.17) is 12.2 Å². The van der Waals surface area contributed by atoms with E-state index in [1.54, 1.807) is 0 Å². The monoisotopic (exact) mass is 272 g/mol. The van der Waals surface area contributed by atoms with Crippen LogP contribution in [0.2, 0.25) is 0 Å². The number of aryl methyl sites for hydroxylation is 1. The minimum absolute atomic E-state index is 0.427. The zero-order valence-electron chi connectivity index (χ0n) is 11.0. The number of nitrogens with zero attached hydrogens (tertiary/aromatic N) is 1. The molecule has 98 valence electrons. The first-order chi connectivity index (χ1) is 9.15. The smallest absolute Gasteiger partial charge is 0.215 e. The summed E-state index contributed by atoms with van der Waals surface area (Å²) in [5.74, 6) is 0. The van der Waals surface area contributed by atoms with E-state index in [9.17, 15) is 4.79 Å². The number of hydrogen-bond donors (Lipinski definition) is 1. The van der Waals surface area contributed by atoms with Crippen molar-refractivity contribution < 1.29 is 4.79 Å². The predicted octanol–water partition coefficient (Wildman–Crippen LogP) is 3.32. The fourth-order valence-corrected chi connectivity index (χ4v) is 2.22. The van der Waals surface area contributed by atoms with Crippen LogP contribution in [0.15, 0.2) is 36.4 Å². The van der Waals surface area contributed by atoms with E-state index < -0.39 is 0 Å². The number of nitrogens with one attached hydrogen (secondary N) is 1. The quantitative estimate of drug-likeness (QED) is 0.687. The van der Waals surface area contributed by atoms with Crippen LogP contribution in [-0.4, -0.2) is 23.0 Å². The molecule has 0 unspecified atom stereocenters. The lowest BCUT2D eigenvalue weighted by Gasteiger charge is -2.18. The molecule has 0 spiro atoms. The van der Waals surface area contributed by atoms with Crippen molar-refractivity contribution in [2.75, 3.05) is 11.9 Å². The lowest BCUT2D eigenvalue weighted by atomic mass is 10.1. The van der Waals surface area contributed by atoms with E-state index >= 15 is 0 Å². The molecule has 3 nitrogen and oxygen atoms in total. The van der Waals surface area contributed by atoms with Crippen LogP contribution in [0.25, 0.3) is 10.8 Å². The predicted molar refractivity (Wildman–Crippen MR) is 83.3 cm³/mol. The molecule has 0 fully saturated rings. The molecule has 2 aromatic rings. The first-order valence-electron chi connectivity index (χ1n) is 6.18. The van der Waals surface area contributed by atoms with Gasteiger partial charge in [-0.2, -0.15) is 0 Å². The number of rotatable bonds is 3. The van der Waals surface area contributed by atoms with Gasteiger partial charge in [-0.25, -0.2) is 0 Å². The normalized spacial score (nSPS) is 10.2. The number of hydrogen-bond acceptors (Lipinski definition) is 2. The molecule has 2 rings (SSSR count). The Morgan fingerprint density at radius 3 is 2.53 bits per heavy atom. The van der Waals surface area contributed by atoms with Crippen molar-refractivity contribution in [2.24, 2.45) is 0 Å². The van der Waals surface area contributed by atoms with Crippen molar-refractivity contribution in [3.63, 3.8) is 0 Å². The molecule has 1 N–H and O–H groups in total. The molecule has 0 atom stereocenters. The van der Waals surface area contributed by atoms with E-state index in [1.165, 1.54) is 10.3 Å². The average molecular weight is 272 g/mol. The van der Waals surface area contributed by atoms with Gasteiger partial charge in [0.1, 0.15) is 0 Å². The highest BCUT2D eigenvalue weighted by atomic mass is 32.1. The highest BCUT2D eigenvalue weighted by Gasteiger charge is 2.08. The van der Waals surface area contributed by atoms with Crippen molar-refractivity contribution in [1.29, 1.82) is 0 Å². The second kappa shape index (κ2) is 5.80. The van der Waals surface area contributed by atoms with Gasteiger partial charge in [0.05, 0.1) is 0 Å². The number of thiocarbonyl (C=S) groups is 1. The summed E-state index contributed by atoms with van der Waals surface area (Å²) in [5, 5.41) is 5.90. The van der Waals surface area contributed by atoms with Gasteiger partial charge in [-0.15, -0.1) is 0 Å². The van der Waals surface area contributed by atoms with Gasteiger partial charge < -0.3 is 5.32 Å². The second-order valence-corrected chi connectivity index (χ2v) is 4.72. The van der Waals surface area contributed by atoms with Gasteiger partial charge in [0, 0.05) is 12.2 Å². The fraction of sp³-hybridized carbons (Fsp3) is 0.200. The summed E-state index contributed by atoms with van der Waals surface area (Å²) in [7, 11) is 0. The molecule has 0 aliphatic carbocycles. The van der Waals surface area contributed by atoms with Crippen molar-refractivity contribution in [1.82, 2.24) is 4.90 Å². The fourth-order valence-electron chi connectivity index (χ4n) is 1.94. The first kappa shape index (κ1) is 13.5. The van der Waals surface area contributed by atoms with E-state index in [-0.39, 0.29) is 0 Å². The Kier molecular flexibility index (Phi) is 4.12. The average Bonchev–Trinajstić information content (AvgIpc) is 2.41. The molecular weight excluding hydrogens is 256 g/mol. The van der Waals surface area contributed by atoms with Crippen LogP contribution in [0.1, 0.15) is 12.5 Å². The maximum Gasteiger partial charge on any atom is 0.215 e. The largest absolute Gasteiger partial charge is 0.332 e. The third-order valence-corrected chi connectivity index (χ3v) is 3.40. The van der Waals surface area contributed by atoms with Crippen LogP contribution >= 0.6 is 12.2 Å². The second-order valence-electron chi connectivity index (χ2n) is 4.34. The molecular formula is C15H16N2OS. The molecule has 0 saturated carbocycles. The van der Waals surface area contributed by atoms with Crippen LogP contribution in [-0.2, 0) is 4.79 Å². The van der Waals surface area contributed by atoms with Crippen LogP contribution in [0.3, 0.4) is 0 Å². The van der Waals surface area contributed by atoms with E-state index in [2.05, 4.69) is 29.6 Å². The molecule has 0 heterocycles. The lowest BCUT2D eigenvalue weighted by Crippen LogP contribution is -2.33. The molecule has 0 saturated heterocycles. The topological polar surface area (TPSA) is 32.3 Å². The first-order valence-corrected chi connectivity index (χ1v) is 6.59. The maximum absolute atomic E-state index is 10.9. The lowest BCUT2D eigenvalue weighted by molar-refractivity contribution is -0.114. The minimum atomic E-state index is 0.427. The summed E-state index contributed by atoms with van der Waals surface area (Å²) in [4.78, 5) is 12.3. The number of benzene rings is 2. The third kappa shape index (κ3) is 2.90. The molecule has 0 aromatic heterocycles. The van der Waals surface area contributed by atoms with Crippen LogP contribution in [0.4, 0.5) is 5.69 Å². The van der Waals surface area contributed by atoms with Gasteiger partial charge in [0.25, 0.3) is 0 Å².